The van der Waals surface area contributed by atoms with Crippen LogP contribution < -0.4 is 0 Å². The van der Waals surface area contributed by atoms with Crippen molar-refractivity contribution in [1.82, 2.24) is 8.43 Å². The smallest absolute Gasteiger partial charge is 0.505 e. The van der Waals surface area contributed by atoms with Crippen LogP contribution in [0.4, 0.5) is 52.7 Å². The summed E-state index contributed by atoms with van der Waals surface area (Å²) < 4.78 is 244. The van der Waals surface area contributed by atoms with Gasteiger partial charge in [-0.15, -0.1) is 0 Å². The highest BCUT2D eigenvalue weighted by Crippen LogP contribution is 2.52. The van der Waals surface area contributed by atoms with E-state index in [9.17, 15) is 52.7 Å². The lowest BCUT2D eigenvalue weighted by atomic mass is 9.95. The van der Waals surface area contributed by atoms with Crippen LogP contribution in [0.2, 0.25) is 0 Å². The second-order valence-electron chi connectivity index (χ2n) is 14.4. The minimum absolute atomic E-state index is 0.0423. The molecule has 2 atom stereocenters. The van der Waals surface area contributed by atoms with Crippen molar-refractivity contribution in [2.24, 2.45) is 0 Å². The van der Waals surface area contributed by atoms with Crippen LogP contribution in [0.1, 0.15) is 64.4 Å². The summed E-state index contributed by atoms with van der Waals surface area (Å²) in [5, 5.41) is 0. The van der Waals surface area contributed by atoms with E-state index < -0.39 is 109 Å². The summed E-state index contributed by atoms with van der Waals surface area (Å²) >= 11 is 0. The molecular weight excluding hydrogens is 943 g/mol. The zero-order valence-corrected chi connectivity index (χ0v) is 35.3. The zero-order valence-electron chi connectivity index (χ0n) is 33.7. The first-order chi connectivity index (χ1) is 30.7. The largest absolute Gasteiger partial charge is 0.580 e. The monoisotopic (exact) mass is 976 g/mol. The van der Waals surface area contributed by atoms with Crippen LogP contribution in [0.15, 0.2) is 155 Å². The van der Waals surface area contributed by atoms with Gasteiger partial charge in [0.2, 0.25) is 20.0 Å². The maximum absolute atomic E-state index is 15.2. The molecule has 0 radical (unpaired) electrons. The van der Waals surface area contributed by atoms with Gasteiger partial charge in [0.05, 0.1) is 44.1 Å². The first kappa shape index (κ1) is 49.7. The standard InChI is InChI=1S/C43H33BF12N2O6S2/c1-2-13-37(63-21-12-16-28-14-6-3-7-15-28)64-44-57(65(59,60)35-24-31(40(45,46)47)22-32(25-35)41(48,49)50)38(29-17-8-4-9-18-29)39(30-19-10-5-11-20-30)58(44)66(61,62)36-26-33(42(51,52)53)23-34(27-36)43(54,55)56/h3-20,22-27,38-39H,2,21H2,1H3/b16-12+,37-13+/t38-,39-/m0/s1. The Labute approximate surface area is 370 Å². The van der Waals surface area contributed by atoms with Crippen molar-refractivity contribution in [2.75, 3.05) is 6.61 Å². The van der Waals surface area contributed by atoms with Gasteiger partial charge in [0.25, 0.3) is 5.95 Å². The van der Waals surface area contributed by atoms with Crippen LogP contribution in [0.3, 0.4) is 0 Å². The molecule has 0 spiro atoms. The number of hydrogen-bond donors (Lipinski definition) is 0. The lowest BCUT2D eigenvalue weighted by molar-refractivity contribution is -0.145. The van der Waals surface area contributed by atoms with Crippen molar-refractivity contribution in [3.63, 3.8) is 0 Å². The topological polar surface area (TPSA) is 93.2 Å². The zero-order chi connectivity index (χ0) is 48.5. The molecule has 8 nitrogen and oxygen atoms in total. The fourth-order valence-electron chi connectivity index (χ4n) is 6.95. The van der Waals surface area contributed by atoms with E-state index in [0.29, 0.717) is 5.56 Å². The summed E-state index contributed by atoms with van der Waals surface area (Å²) in [6.07, 6.45) is -18.4. The van der Waals surface area contributed by atoms with E-state index in [4.69, 9.17) is 9.39 Å². The van der Waals surface area contributed by atoms with Crippen molar-refractivity contribution < 1.29 is 78.9 Å². The summed E-state index contributed by atoms with van der Waals surface area (Å²) in [6.45, 7) is 1.06. The lowest BCUT2D eigenvalue weighted by Gasteiger charge is -2.29. The molecule has 6 rings (SSSR count). The van der Waals surface area contributed by atoms with E-state index in [-0.39, 0.29) is 62.4 Å². The number of sulfonamides is 2. The van der Waals surface area contributed by atoms with Gasteiger partial charge in [-0.05, 0) is 71.7 Å². The molecule has 1 aliphatic rings. The highest BCUT2D eigenvalue weighted by Gasteiger charge is 2.64. The molecule has 0 aliphatic carbocycles. The molecule has 66 heavy (non-hydrogen) atoms. The molecule has 0 bridgehead atoms. The molecular formula is C43H33BF12N2O6S2. The SMILES string of the molecule is CC/C=C(\OC/C=C/c1ccccc1)OB1N(S(=O)(=O)c2cc(C(F)(F)F)cc(C(F)(F)F)c2)[C@@H](c2ccccc2)[C@H](c2ccccc2)N1S(=O)(=O)c1cc(C(F)(F)F)cc(C(F)(F)F)c1. The quantitative estimate of drug-likeness (QED) is 0.0663. The lowest BCUT2D eigenvalue weighted by Crippen LogP contribution is -2.51. The Morgan fingerprint density at radius 2 is 0.909 bits per heavy atom. The Morgan fingerprint density at radius 1 is 0.561 bits per heavy atom. The summed E-state index contributed by atoms with van der Waals surface area (Å²) in [7, 11) is -14.9. The van der Waals surface area contributed by atoms with Crippen LogP contribution >= 0.6 is 0 Å². The van der Waals surface area contributed by atoms with E-state index in [1.165, 1.54) is 73.7 Å². The molecule has 350 valence electrons. The third kappa shape index (κ3) is 10.9. The summed E-state index contributed by atoms with van der Waals surface area (Å²) in [4.78, 5) is -3.40. The van der Waals surface area contributed by atoms with Gasteiger partial charge < -0.3 is 9.39 Å². The third-order valence-electron chi connectivity index (χ3n) is 9.86. The predicted octanol–water partition coefficient (Wildman–Crippen LogP) is 11.9. The number of hydrogen-bond acceptors (Lipinski definition) is 6. The minimum atomic E-state index is -6.01. The molecule has 1 saturated heterocycles. The number of ether oxygens (including phenoxy) is 1. The average molecular weight is 977 g/mol. The van der Waals surface area contributed by atoms with Crippen molar-refractivity contribution in [1.29, 1.82) is 0 Å². The van der Waals surface area contributed by atoms with Gasteiger partial charge in [-0.25, -0.2) is 16.8 Å². The first-order valence-corrected chi connectivity index (χ1v) is 22.1. The highest BCUT2D eigenvalue weighted by atomic mass is 32.2. The van der Waals surface area contributed by atoms with Gasteiger partial charge in [-0.1, -0.05) is 104 Å². The van der Waals surface area contributed by atoms with Gasteiger partial charge in [0.1, 0.15) is 6.61 Å². The molecule has 1 aliphatic heterocycles. The minimum Gasteiger partial charge on any atom is -0.505 e. The maximum atomic E-state index is 15.2. The molecule has 0 amide bonds. The summed E-state index contributed by atoms with van der Waals surface area (Å²) in [5.74, 6) is -0.721. The van der Waals surface area contributed by atoms with Crippen LogP contribution in [0.25, 0.3) is 6.08 Å². The van der Waals surface area contributed by atoms with Gasteiger partial charge in [-0.2, -0.15) is 61.1 Å². The third-order valence-corrected chi connectivity index (χ3v) is 13.5. The highest BCUT2D eigenvalue weighted by molar-refractivity contribution is 7.92. The second kappa shape index (κ2) is 18.8. The Morgan fingerprint density at radius 3 is 1.24 bits per heavy atom. The number of nitrogens with zero attached hydrogens (tertiary/aromatic N) is 2. The van der Waals surface area contributed by atoms with Crippen molar-refractivity contribution in [3.8, 4) is 0 Å². The van der Waals surface area contributed by atoms with E-state index in [1.54, 1.807) is 36.4 Å². The molecule has 0 N–H and O–H groups in total. The van der Waals surface area contributed by atoms with Gasteiger partial charge in [0, 0.05) is 0 Å². The van der Waals surface area contributed by atoms with Crippen LogP contribution in [-0.4, -0.2) is 39.1 Å². The van der Waals surface area contributed by atoms with E-state index in [2.05, 4.69) is 0 Å². The van der Waals surface area contributed by atoms with Crippen molar-refractivity contribution in [3.05, 3.63) is 184 Å². The Balaban J connectivity index is 1.70. The Bertz CT molecular complexity index is 2570. The molecule has 23 heteroatoms. The maximum Gasteiger partial charge on any atom is 0.580 e. The predicted molar refractivity (Wildman–Crippen MR) is 216 cm³/mol. The van der Waals surface area contributed by atoms with Gasteiger partial charge in [0.15, 0.2) is 0 Å². The number of allylic oxidation sites excluding steroid dienone is 1. The molecule has 1 fully saturated rings. The molecule has 1 heterocycles. The Kier molecular flexibility index (Phi) is 14.2. The van der Waals surface area contributed by atoms with Gasteiger partial charge in [-0.3, -0.25) is 0 Å². The van der Waals surface area contributed by atoms with Crippen LogP contribution in [-0.2, 0) is 54.1 Å². The number of halogens is 12. The molecule has 5 aromatic carbocycles. The number of alkyl halides is 12. The van der Waals surface area contributed by atoms with Crippen LogP contribution in [0, 0.1) is 0 Å². The molecule has 5 aromatic rings. The van der Waals surface area contributed by atoms with Gasteiger partial charge >= 0.3 is 31.9 Å². The molecule has 0 unspecified atom stereocenters. The van der Waals surface area contributed by atoms with Crippen molar-refractivity contribution in [2.45, 2.75) is 59.9 Å². The van der Waals surface area contributed by atoms with E-state index in [1.807, 2.05) is 0 Å². The van der Waals surface area contributed by atoms with E-state index in [0.717, 1.165) is 6.08 Å². The summed E-state index contributed by atoms with van der Waals surface area (Å²) in [5.41, 5.74) is -8.17. The normalized spacial score (nSPS) is 17.4. The fraction of sp³-hybridized carbons (Fsp3) is 0.209. The number of benzene rings is 5. The molecule has 0 aromatic heterocycles. The van der Waals surface area contributed by atoms with Crippen molar-refractivity contribution >= 4 is 33.3 Å². The fourth-order valence-corrected chi connectivity index (χ4v) is 10.4. The molecule has 0 saturated carbocycles. The van der Waals surface area contributed by atoms with E-state index >= 15 is 16.8 Å². The summed E-state index contributed by atoms with van der Waals surface area (Å²) in [6, 6.07) is 15.8. The first-order valence-electron chi connectivity index (χ1n) is 19.2. The second-order valence-corrected chi connectivity index (χ2v) is 18.1. The van der Waals surface area contributed by atoms with Crippen LogP contribution in [0.5, 0.6) is 0 Å². The average Bonchev–Trinajstić information content (AvgIpc) is 3.61. The Hall–Kier alpha value is -5.78. The number of rotatable bonds is 13.